The lowest BCUT2D eigenvalue weighted by atomic mass is 10.0. The maximum absolute atomic E-state index is 13.2. The second-order valence-electron chi connectivity index (χ2n) is 6.89. The van der Waals surface area contributed by atoms with Crippen LogP contribution in [0.5, 0.6) is 0 Å². The number of aromatic nitrogens is 1. The zero-order valence-corrected chi connectivity index (χ0v) is 16.7. The monoisotopic (exact) mass is 412 g/mol. The summed E-state index contributed by atoms with van der Waals surface area (Å²) in [5, 5.41) is 13.7. The van der Waals surface area contributed by atoms with Crippen LogP contribution in [0, 0.1) is 6.92 Å². The molecular weight excluding hydrogens is 392 g/mol. The molecule has 0 spiro atoms. The van der Waals surface area contributed by atoms with Gasteiger partial charge in [0.15, 0.2) is 0 Å². The van der Waals surface area contributed by atoms with E-state index in [1.165, 1.54) is 0 Å². The third kappa shape index (κ3) is 3.79. The molecule has 29 heavy (non-hydrogen) atoms. The van der Waals surface area contributed by atoms with Gasteiger partial charge >= 0.3 is 0 Å². The molecule has 1 amide bonds. The molecule has 0 atom stereocenters. The second kappa shape index (κ2) is 8.14. The maximum atomic E-state index is 13.2. The van der Waals surface area contributed by atoms with Crippen LogP contribution in [-0.2, 0) is 0 Å². The average Bonchev–Trinajstić information content (AvgIpc) is 3.15. The van der Waals surface area contributed by atoms with Crippen molar-refractivity contribution >= 4 is 28.9 Å². The Morgan fingerprint density at radius 1 is 1.14 bits per heavy atom. The standard InChI is InChI=1S/C21H21ClN4O3/c1-14-19(20(24-29-14)15-5-3-2-4-6-15)21(27)26-11-9-25(10-12-26)18-8-7-16(23-28)13-17(18)22/h2-8,13,23,28H,9-12H2,1H3. The number of carbonyl (C=O) groups is 1. The van der Waals surface area contributed by atoms with Crippen molar-refractivity contribution in [1.29, 1.82) is 0 Å². The lowest BCUT2D eigenvalue weighted by molar-refractivity contribution is 0.0745. The molecular formula is C21H21ClN4O3. The highest BCUT2D eigenvalue weighted by Crippen LogP contribution is 2.31. The maximum Gasteiger partial charge on any atom is 0.259 e. The van der Waals surface area contributed by atoms with E-state index in [0.29, 0.717) is 53.9 Å². The van der Waals surface area contributed by atoms with E-state index in [2.05, 4.69) is 15.5 Å². The van der Waals surface area contributed by atoms with E-state index in [9.17, 15) is 4.79 Å². The van der Waals surface area contributed by atoms with E-state index in [-0.39, 0.29) is 5.91 Å². The first kappa shape index (κ1) is 19.3. The van der Waals surface area contributed by atoms with E-state index in [4.69, 9.17) is 21.3 Å². The van der Waals surface area contributed by atoms with Gasteiger partial charge in [-0.2, -0.15) is 0 Å². The average molecular weight is 413 g/mol. The molecule has 1 aliphatic heterocycles. The Kier molecular flexibility index (Phi) is 5.42. The van der Waals surface area contributed by atoms with Crippen molar-refractivity contribution < 1.29 is 14.5 Å². The van der Waals surface area contributed by atoms with Crippen LogP contribution in [0.1, 0.15) is 16.1 Å². The van der Waals surface area contributed by atoms with Crippen LogP contribution >= 0.6 is 11.6 Å². The molecule has 1 aliphatic rings. The minimum absolute atomic E-state index is 0.0758. The Balaban J connectivity index is 1.50. The molecule has 4 rings (SSSR count). The van der Waals surface area contributed by atoms with Gasteiger partial charge in [0.1, 0.15) is 17.0 Å². The van der Waals surface area contributed by atoms with Crippen LogP contribution in [0.3, 0.4) is 0 Å². The van der Waals surface area contributed by atoms with Gasteiger partial charge in [-0.05, 0) is 25.1 Å². The normalized spacial score (nSPS) is 14.2. The molecule has 1 saturated heterocycles. The van der Waals surface area contributed by atoms with Crippen LogP contribution in [0.15, 0.2) is 53.1 Å². The molecule has 2 N–H and O–H groups in total. The number of nitrogens with one attached hydrogen (secondary N) is 1. The van der Waals surface area contributed by atoms with Crippen molar-refractivity contribution in [3.63, 3.8) is 0 Å². The van der Waals surface area contributed by atoms with E-state index >= 15 is 0 Å². The summed E-state index contributed by atoms with van der Waals surface area (Å²) in [5.74, 6) is 0.444. The fraction of sp³-hybridized carbons (Fsp3) is 0.238. The predicted octanol–water partition coefficient (Wildman–Crippen LogP) is 4.07. The predicted molar refractivity (Wildman–Crippen MR) is 112 cm³/mol. The van der Waals surface area contributed by atoms with Gasteiger partial charge in [-0.1, -0.05) is 47.1 Å². The Hall–Kier alpha value is -3.03. The number of hydrogen-bond acceptors (Lipinski definition) is 6. The molecule has 0 radical (unpaired) electrons. The lowest BCUT2D eigenvalue weighted by Gasteiger charge is -2.36. The van der Waals surface area contributed by atoms with Crippen LogP contribution in [0.25, 0.3) is 11.3 Å². The van der Waals surface area contributed by atoms with Gasteiger partial charge in [0.2, 0.25) is 0 Å². The minimum Gasteiger partial charge on any atom is -0.367 e. The molecule has 0 aliphatic carbocycles. The van der Waals surface area contributed by atoms with Crippen LogP contribution in [0.2, 0.25) is 5.02 Å². The first-order valence-electron chi connectivity index (χ1n) is 9.34. The Morgan fingerprint density at radius 2 is 1.86 bits per heavy atom. The number of benzene rings is 2. The molecule has 0 bridgehead atoms. The van der Waals surface area contributed by atoms with Crippen LogP contribution in [0.4, 0.5) is 11.4 Å². The smallest absolute Gasteiger partial charge is 0.259 e. The Labute approximate surface area is 173 Å². The third-order valence-corrected chi connectivity index (χ3v) is 5.41. The Morgan fingerprint density at radius 3 is 2.52 bits per heavy atom. The fourth-order valence-electron chi connectivity index (χ4n) is 3.56. The zero-order valence-electron chi connectivity index (χ0n) is 15.9. The van der Waals surface area contributed by atoms with Crippen molar-refractivity contribution in [3.8, 4) is 11.3 Å². The third-order valence-electron chi connectivity index (χ3n) is 5.11. The molecule has 3 aromatic rings. The molecule has 1 aromatic heterocycles. The molecule has 8 heteroatoms. The highest BCUT2D eigenvalue weighted by Gasteiger charge is 2.29. The van der Waals surface area contributed by atoms with Crippen molar-refractivity contribution in [3.05, 3.63) is 64.9 Å². The summed E-state index contributed by atoms with van der Waals surface area (Å²) in [4.78, 5) is 17.2. The second-order valence-corrected chi connectivity index (χ2v) is 7.29. The van der Waals surface area contributed by atoms with Crippen molar-refractivity contribution in [1.82, 2.24) is 10.1 Å². The largest absolute Gasteiger partial charge is 0.367 e. The van der Waals surface area contributed by atoms with Crippen molar-refractivity contribution in [2.75, 3.05) is 36.6 Å². The molecule has 1 fully saturated rings. The van der Waals surface area contributed by atoms with Gasteiger partial charge in [-0.15, -0.1) is 0 Å². The number of amides is 1. The van der Waals surface area contributed by atoms with E-state index < -0.39 is 0 Å². The molecule has 2 aromatic carbocycles. The van der Waals surface area contributed by atoms with Crippen LogP contribution < -0.4 is 10.4 Å². The molecule has 2 heterocycles. The van der Waals surface area contributed by atoms with Crippen molar-refractivity contribution in [2.45, 2.75) is 6.92 Å². The lowest BCUT2D eigenvalue weighted by Crippen LogP contribution is -2.49. The number of halogens is 1. The SMILES string of the molecule is Cc1onc(-c2ccccc2)c1C(=O)N1CCN(c2ccc(NO)cc2Cl)CC1. The number of hydrogen-bond donors (Lipinski definition) is 2. The summed E-state index contributed by atoms with van der Waals surface area (Å²) in [6.07, 6.45) is 0. The van der Waals surface area contributed by atoms with Gasteiger partial charge < -0.3 is 14.3 Å². The number of aryl methyl sites for hydroxylation is 1. The van der Waals surface area contributed by atoms with E-state index in [1.807, 2.05) is 41.3 Å². The Bertz CT molecular complexity index is 1010. The number of piperazine rings is 1. The van der Waals surface area contributed by atoms with E-state index in [1.54, 1.807) is 19.1 Å². The molecule has 0 saturated carbocycles. The van der Waals surface area contributed by atoms with Crippen molar-refractivity contribution in [2.24, 2.45) is 0 Å². The first-order valence-corrected chi connectivity index (χ1v) is 9.72. The van der Waals surface area contributed by atoms with Gasteiger partial charge in [-0.3, -0.25) is 15.5 Å². The number of nitrogens with zero attached hydrogens (tertiary/aromatic N) is 3. The fourth-order valence-corrected chi connectivity index (χ4v) is 3.86. The van der Waals surface area contributed by atoms with Gasteiger partial charge in [-0.25, -0.2) is 0 Å². The zero-order chi connectivity index (χ0) is 20.4. The van der Waals surface area contributed by atoms with Gasteiger partial charge in [0, 0.05) is 31.7 Å². The summed E-state index contributed by atoms with van der Waals surface area (Å²) in [7, 11) is 0. The number of carbonyl (C=O) groups excluding carboxylic acids is 1. The summed E-state index contributed by atoms with van der Waals surface area (Å²) >= 11 is 6.34. The molecule has 150 valence electrons. The van der Waals surface area contributed by atoms with E-state index in [0.717, 1.165) is 11.3 Å². The summed E-state index contributed by atoms with van der Waals surface area (Å²) in [6, 6.07) is 14.9. The molecule has 7 nitrogen and oxygen atoms in total. The number of rotatable bonds is 4. The van der Waals surface area contributed by atoms with Gasteiger partial charge in [0.25, 0.3) is 5.91 Å². The van der Waals surface area contributed by atoms with Crippen LogP contribution in [-0.4, -0.2) is 47.4 Å². The topological polar surface area (TPSA) is 81.8 Å². The molecule has 0 unspecified atom stereocenters. The summed E-state index contributed by atoms with van der Waals surface area (Å²) in [5.41, 5.74) is 5.45. The summed E-state index contributed by atoms with van der Waals surface area (Å²) < 4.78 is 5.34. The number of anilines is 2. The quantitative estimate of drug-likeness (QED) is 0.629. The highest BCUT2D eigenvalue weighted by molar-refractivity contribution is 6.33. The first-order chi connectivity index (χ1) is 14.1. The summed E-state index contributed by atoms with van der Waals surface area (Å²) in [6.45, 7) is 4.20. The highest BCUT2D eigenvalue weighted by atomic mass is 35.5. The minimum atomic E-state index is -0.0758. The van der Waals surface area contributed by atoms with Gasteiger partial charge in [0.05, 0.1) is 16.4 Å².